The quantitative estimate of drug-likeness (QED) is 0.411. The van der Waals surface area contributed by atoms with Gasteiger partial charge in [-0.3, -0.25) is 0 Å². The Labute approximate surface area is 99.3 Å². The fourth-order valence-electron chi connectivity index (χ4n) is 1.10. The number of rotatable bonds is 8. The van der Waals surface area contributed by atoms with Crippen LogP contribution in [0.1, 0.15) is 6.42 Å². The number of nitrogens with one attached hydrogen (secondary N) is 1. The highest BCUT2D eigenvalue weighted by Gasteiger charge is 2.14. The summed E-state index contributed by atoms with van der Waals surface area (Å²) >= 11 is 0. The Hall–Kier alpha value is -1.60. The number of carboxylic acid groups (broad SMARTS) is 1. The van der Waals surface area contributed by atoms with E-state index in [1.807, 2.05) is 0 Å². The monoisotopic (exact) mass is 246 g/mol. The van der Waals surface area contributed by atoms with Crippen molar-refractivity contribution in [3.05, 3.63) is 12.7 Å². The van der Waals surface area contributed by atoms with Gasteiger partial charge in [0.2, 0.25) is 0 Å². The summed E-state index contributed by atoms with van der Waals surface area (Å²) in [7, 11) is 0. The second-order valence-electron chi connectivity index (χ2n) is 3.33. The maximum Gasteiger partial charge on any atom is 0.332 e. The van der Waals surface area contributed by atoms with Crippen LogP contribution >= 0.6 is 0 Å². The van der Waals surface area contributed by atoms with Crippen molar-refractivity contribution < 1.29 is 24.9 Å². The molecular weight excluding hydrogens is 228 g/mol. The standard InChI is InChI=1S/C10H18N2O5/c1-2-5-12(6-7-13)10(17)11-4-3-8(14)9(15)16/h2,8,13-14H,1,3-7H2,(H,11,17)(H,15,16)/t8-/m0/s1. The first-order valence-corrected chi connectivity index (χ1v) is 5.18. The molecule has 98 valence electrons. The van der Waals surface area contributed by atoms with E-state index in [4.69, 9.17) is 15.3 Å². The SMILES string of the molecule is C=CCN(CCO)C(=O)NCC[C@H](O)C(=O)O. The molecule has 0 aliphatic rings. The maximum absolute atomic E-state index is 11.5. The number of aliphatic hydroxyl groups is 2. The van der Waals surface area contributed by atoms with Crippen molar-refractivity contribution in [1.29, 1.82) is 0 Å². The summed E-state index contributed by atoms with van der Waals surface area (Å²) in [6.45, 7) is 3.81. The van der Waals surface area contributed by atoms with E-state index in [9.17, 15) is 9.59 Å². The molecule has 0 unspecified atom stereocenters. The molecule has 1 atom stereocenters. The molecule has 0 saturated heterocycles. The largest absolute Gasteiger partial charge is 0.479 e. The van der Waals surface area contributed by atoms with Gasteiger partial charge in [0, 0.05) is 26.1 Å². The zero-order valence-electron chi connectivity index (χ0n) is 9.50. The van der Waals surface area contributed by atoms with Gasteiger partial charge in [-0.15, -0.1) is 6.58 Å². The fraction of sp³-hybridized carbons (Fsp3) is 0.600. The molecule has 0 aliphatic carbocycles. The van der Waals surface area contributed by atoms with Gasteiger partial charge < -0.3 is 25.5 Å². The highest BCUT2D eigenvalue weighted by atomic mass is 16.4. The van der Waals surface area contributed by atoms with E-state index in [2.05, 4.69) is 11.9 Å². The molecule has 0 aromatic heterocycles. The van der Waals surface area contributed by atoms with Crippen LogP contribution in [0, 0.1) is 0 Å². The normalized spacial score (nSPS) is 11.6. The average molecular weight is 246 g/mol. The van der Waals surface area contributed by atoms with Crippen molar-refractivity contribution in [2.75, 3.05) is 26.2 Å². The topological polar surface area (TPSA) is 110 Å². The highest BCUT2D eigenvalue weighted by Crippen LogP contribution is 1.93. The van der Waals surface area contributed by atoms with Crippen LogP contribution in [-0.4, -0.2) is 64.6 Å². The van der Waals surface area contributed by atoms with E-state index in [0.717, 1.165) is 0 Å². The Balaban J connectivity index is 3.96. The first-order chi connectivity index (χ1) is 8.02. The third kappa shape index (κ3) is 6.54. The van der Waals surface area contributed by atoms with Crippen LogP contribution in [0.15, 0.2) is 12.7 Å². The van der Waals surface area contributed by atoms with Crippen molar-refractivity contribution in [2.24, 2.45) is 0 Å². The highest BCUT2D eigenvalue weighted by molar-refractivity contribution is 5.74. The van der Waals surface area contributed by atoms with Crippen LogP contribution in [0.25, 0.3) is 0 Å². The Morgan fingerprint density at radius 2 is 2.12 bits per heavy atom. The number of aliphatic carboxylic acids is 1. The second-order valence-corrected chi connectivity index (χ2v) is 3.33. The molecule has 17 heavy (non-hydrogen) atoms. The summed E-state index contributed by atoms with van der Waals surface area (Å²) in [5.74, 6) is -1.32. The van der Waals surface area contributed by atoms with Gasteiger partial charge in [-0.05, 0) is 0 Å². The second kappa shape index (κ2) is 8.54. The summed E-state index contributed by atoms with van der Waals surface area (Å²) in [5.41, 5.74) is 0. The van der Waals surface area contributed by atoms with Crippen LogP contribution < -0.4 is 5.32 Å². The number of urea groups is 1. The van der Waals surface area contributed by atoms with E-state index in [-0.39, 0.29) is 32.7 Å². The first kappa shape index (κ1) is 15.4. The number of hydrogen-bond donors (Lipinski definition) is 4. The van der Waals surface area contributed by atoms with E-state index in [1.54, 1.807) is 0 Å². The summed E-state index contributed by atoms with van der Waals surface area (Å²) in [6.07, 6.45) is -0.0373. The summed E-state index contributed by atoms with van der Waals surface area (Å²) < 4.78 is 0. The summed E-state index contributed by atoms with van der Waals surface area (Å²) in [5, 5.41) is 28.5. The molecule has 7 nitrogen and oxygen atoms in total. The van der Waals surface area contributed by atoms with Crippen LogP contribution in [0.5, 0.6) is 0 Å². The molecule has 4 N–H and O–H groups in total. The Kier molecular flexibility index (Phi) is 7.74. The van der Waals surface area contributed by atoms with Gasteiger partial charge in [-0.2, -0.15) is 0 Å². The summed E-state index contributed by atoms with van der Waals surface area (Å²) in [6, 6.07) is -0.434. The van der Waals surface area contributed by atoms with Gasteiger partial charge in [-0.25, -0.2) is 9.59 Å². The third-order valence-corrected chi connectivity index (χ3v) is 1.99. The molecular formula is C10H18N2O5. The lowest BCUT2D eigenvalue weighted by atomic mass is 10.2. The number of carbonyl (C=O) groups is 2. The number of carbonyl (C=O) groups excluding carboxylic acids is 1. The average Bonchev–Trinajstić information content (AvgIpc) is 2.28. The minimum atomic E-state index is -1.49. The lowest BCUT2D eigenvalue weighted by molar-refractivity contribution is -0.146. The summed E-state index contributed by atoms with van der Waals surface area (Å²) in [4.78, 5) is 23.1. The molecule has 0 rings (SSSR count). The lowest BCUT2D eigenvalue weighted by Gasteiger charge is -2.20. The Morgan fingerprint density at radius 3 is 2.59 bits per heavy atom. The molecule has 7 heteroatoms. The number of hydrogen-bond acceptors (Lipinski definition) is 4. The van der Waals surface area contributed by atoms with Crippen LogP contribution in [0.4, 0.5) is 4.79 Å². The molecule has 2 amide bonds. The van der Waals surface area contributed by atoms with Crippen LogP contribution in [0.2, 0.25) is 0 Å². The predicted molar refractivity (Wildman–Crippen MR) is 60.5 cm³/mol. The van der Waals surface area contributed by atoms with Crippen molar-refractivity contribution in [2.45, 2.75) is 12.5 Å². The molecule has 0 aliphatic heterocycles. The zero-order chi connectivity index (χ0) is 13.3. The van der Waals surface area contributed by atoms with Gasteiger partial charge >= 0.3 is 12.0 Å². The van der Waals surface area contributed by atoms with E-state index >= 15 is 0 Å². The third-order valence-electron chi connectivity index (χ3n) is 1.99. The van der Waals surface area contributed by atoms with E-state index in [1.165, 1.54) is 11.0 Å². The van der Waals surface area contributed by atoms with Crippen molar-refractivity contribution >= 4 is 12.0 Å². The predicted octanol–water partition coefficient (Wildman–Crippen LogP) is -0.988. The van der Waals surface area contributed by atoms with Crippen molar-refractivity contribution in [3.8, 4) is 0 Å². The van der Waals surface area contributed by atoms with Crippen LogP contribution in [0.3, 0.4) is 0 Å². The molecule has 0 bridgehead atoms. The van der Waals surface area contributed by atoms with Gasteiger partial charge in [0.1, 0.15) is 0 Å². The Morgan fingerprint density at radius 1 is 1.47 bits per heavy atom. The molecule has 0 heterocycles. The van der Waals surface area contributed by atoms with Gasteiger partial charge in [0.25, 0.3) is 0 Å². The lowest BCUT2D eigenvalue weighted by Crippen LogP contribution is -2.42. The zero-order valence-corrected chi connectivity index (χ0v) is 9.50. The molecule has 0 aromatic carbocycles. The number of nitrogens with zero attached hydrogens (tertiary/aromatic N) is 1. The van der Waals surface area contributed by atoms with Gasteiger partial charge in [-0.1, -0.05) is 6.08 Å². The van der Waals surface area contributed by atoms with Gasteiger partial charge in [0.05, 0.1) is 6.61 Å². The van der Waals surface area contributed by atoms with Crippen molar-refractivity contribution in [3.63, 3.8) is 0 Å². The minimum Gasteiger partial charge on any atom is -0.479 e. The maximum atomic E-state index is 11.5. The number of amides is 2. The number of carboxylic acids is 1. The number of aliphatic hydroxyl groups excluding tert-OH is 2. The molecule has 0 spiro atoms. The molecule has 0 aromatic rings. The van der Waals surface area contributed by atoms with Crippen molar-refractivity contribution in [1.82, 2.24) is 10.2 Å². The fourth-order valence-corrected chi connectivity index (χ4v) is 1.10. The first-order valence-electron chi connectivity index (χ1n) is 5.18. The Bertz CT molecular complexity index is 269. The molecule has 0 radical (unpaired) electrons. The smallest absolute Gasteiger partial charge is 0.332 e. The van der Waals surface area contributed by atoms with Crippen LogP contribution in [-0.2, 0) is 4.79 Å². The van der Waals surface area contributed by atoms with Gasteiger partial charge in [0.15, 0.2) is 6.10 Å². The van der Waals surface area contributed by atoms with E-state index in [0.29, 0.717) is 0 Å². The minimum absolute atomic E-state index is 0.0470. The van der Waals surface area contributed by atoms with E-state index < -0.39 is 18.1 Å². The molecule has 0 saturated carbocycles. The molecule has 0 fully saturated rings.